The van der Waals surface area contributed by atoms with Gasteiger partial charge in [-0.05, 0) is 0 Å². The van der Waals surface area contributed by atoms with Gasteiger partial charge in [0.25, 0.3) is 5.91 Å². The molecule has 0 aliphatic carbocycles. The van der Waals surface area contributed by atoms with Crippen molar-refractivity contribution >= 4 is 11.9 Å². The Kier molecular flexibility index (Phi) is 3.01. The molecule has 6 heteroatoms. The van der Waals surface area contributed by atoms with Gasteiger partial charge in [-0.25, -0.2) is 4.79 Å². The molecule has 3 amide bonds. The van der Waals surface area contributed by atoms with E-state index < -0.39 is 11.9 Å². The molecule has 0 aromatic rings. The number of imide groups is 1. The summed E-state index contributed by atoms with van der Waals surface area (Å²) in [6.07, 6.45) is 0.0867. The number of rotatable bonds is 3. The average Bonchev–Trinajstić information content (AvgIpc) is 1.81. The summed E-state index contributed by atoms with van der Waals surface area (Å²) < 4.78 is 5.06. The van der Waals surface area contributed by atoms with Crippen LogP contribution in [0.3, 0.4) is 0 Å². The minimum absolute atomic E-state index is 0.0867. The smallest absolute Gasteiger partial charge is 0.318 e. The molecule has 1 aliphatic rings. The molecular formula is C6H11N3O3. The van der Waals surface area contributed by atoms with E-state index in [1.54, 1.807) is 0 Å². The van der Waals surface area contributed by atoms with Crippen LogP contribution in [0.5, 0.6) is 0 Å². The lowest BCUT2D eigenvalue weighted by Crippen LogP contribution is -2.50. The molecule has 4 N–H and O–H groups in total. The number of amides is 3. The van der Waals surface area contributed by atoms with Crippen LogP contribution in [0.1, 0.15) is 0 Å². The first-order chi connectivity index (χ1) is 5.68. The zero-order valence-corrected chi connectivity index (χ0v) is 6.50. The first-order valence-corrected chi connectivity index (χ1v) is 3.60. The van der Waals surface area contributed by atoms with Gasteiger partial charge in [0.1, 0.15) is 6.61 Å². The summed E-state index contributed by atoms with van der Waals surface area (Å²) in [6.45, 7) is 1.39. The van der Waals surface area contributed by atoms with Crippen LogP contribution < -0.4 is 16.4 Å². The molecule has 0 atom stereocenters. The van der Waals surface area contributed by atoms with Gasteiger partial charge in [-0.15, -0.1) is 0 Å². The van der Waals surface area contributed by atoms with Crippen molar-refractivity contribution in [3.05, 3.63) is 0 Å². The van der Waals surface area contributed by atoms with E-state index in [1.807, 2.05) is 5.32 Å². The third kappa shape index (κ3) is 2.85. The van der Waals surface area contributed by atoms with E-state index in [2.05, 4.69) is 5.32 Å². The first-order valence-electron chi connectivity index (χ1n) is 3.60. The van der Waals surface area contributed by atoms with Crippen molar-refractivity contribution in [2.24, 2.45) is 5.73 Å². The lowest BCUT2D eigenvalue weighted by atomic mass is 10.2. The number of hydrogen-bond acceptors (Lipinski definition) is 4. The van der Waals surface area contributed by atoms with E-state index in [0.29, 0.717) is 0 Å². The number of ether oxygens (including phenoxy) is 1. The van der Waals surface area contributed by atoms with Crippen LogP contribution in [0.15, 0.2) is 0 Å². The number of nitrogens with one attached hydrogen (secondary N) is 2. The molecule has 12 heavy (non-hydrogen) atoms. The predicted octanol–water partition coefficient (Wildman–Crippen LogP) is -1.83. The fourth-order valence-electron chi connectivity index (χ4n) is 0.747. The maximum absolute atomic E-state index is 10.7. The summed E-state index contributed by atoms with van der Waals surface area (Å²) in [5.41, 5.74) is 4.71. The van der Waals surface area contributed by atoms with Crippen LogP contribution >= 0.6 is 0 Å². The molecule has 6 nitrogen and oxygen atoms in total. The average molecular weight is 173 g/mol. The molecule has 1 saturated heterocycles. The van der Waals surface area contributed by atoms with Gasteiger partial charge in [0, 0.05) is 13.1 Å². The Morgan fingerprint density at radius 3 is 2.67 bits per heavy atom. The van der Waals surface area contributed by atoms with Crippen molar-refractivity contribution in [1.82, 2.24) is 10.6 Å². The highest BCUT2D eigenvalue weighted by Gasteiger charge is 2.18. The third-order valence-corrected chi connectivity index (χ3v) is 1.46. The number of primary amides is 1. The van der Waals surface area contributed by atoms with E-state index in [9.17, 15) is 9.59 Å². The Morgan fingerprint density at radius 2 is 2.25 bits per heavy atom. The zero-order chi connectivity index (χ0) is 8.97. The van der Waals surface area contributed by atoms with E-state index in [0.717, 1.165) is 13.1 Å². The molecule has 1 rings (SSSR count). The van der Waals surface area contributed by atoms with E-state index >= 15 is 0 Å². The molecule has 0 aromatic heterocycles. The second kappa shape index (κ2) is 4.03. The lowest BCUT2D eigenvalue weighted by Gasteiger charge is -2.26. The highest BCUT2D eigenvalue weighted by atomic mass is 16.5. The summed E-state index contributed by atoms with van der Waals surface area (Å²) in [6, 6.07) is -0.852. The fraction of sp³-hybridized carbons (Fsp3) is 0.667. The van der Waals surface area contributed by atoms with Crippen molar-refractivity contribution < 1.29 is 14.3 Å². The van der Waals surface area contributed by atoms with E-state index in [-0.39, 0.29) is 12.7 Å². The molecule has 1 heterocycles. The Hall–Kier alpha value is -1.14. The van der Waals surface area contributed by atoms with Crippen LogP contribution in [0, 0.1) is 0 Å². The van der Waals surface area contributed by atoms with Crippen LogP contribution in [-0.4, -0.2) is 37.7 Å². The van der Waals surface area contributed by atoms with Crippen molar-refractivity contribution in [3.63, 3.8) is 0 Å². The maximum Gasteiger partial charge on any atom is 0.318 e. The van der Waals surface area contributed by atoms with Gasteiger partial charge in [-0.1, -0.05) is 0 Å². The van der Waals surface area contributed by atoms with E-state index in [4.69, 9.17) is 10.5 Å². The maximum atomic E-state index is 10.7. The van der Waals surface area contributed by atoms with Gasteiger partial charge in [0.15, 0.2) is 0 Å². The summed E-state index contributed by atoms with van der Waals surface area (Å²) in [4.78, 5) is 20.9. The standard InChI is InChI=1S/C6H11N3O3/c7-6(11)9-5(10)3-12-4-1-8-2-4/h4,8H,1-3H2,(H3,7,9,10,11). The van der Waals surface area contributed by atoms with Crippen LogP contribution in [0.4, 0.5) is 4.79 Å². The Bertz CT molecular complexity index is 190. The topological polar surface area (TPSA) is 93.5 Å². The van der Waals surface area contributed by atoms with Gasteiger partial charge in [0.05, 0.1) is 6.10 Å². The zero-order valence-electron chi connectivity index (χ0n) is 6.50. The molecule has 1 fully saturated rings. The third-order valence-electron chi connectivity index (χ3n) is 1.46. The van der Waals surface area contributed by atoms with Crippen LogP contribution in [0.25, 0.3) is 0 Å². The normalized spacial score (nSPS) is 16.7. The van der Waals surface area contributed by atoms with Crippen LogP contribution in [0.2, 0.25) is 0 Å². The highest BCUT2D eigenvalue weighted by Crippen LogP contribution is 1.96. The second-order valence-corrected chi connectivity index (χ2v) is 2.50. The first kappa shape index (κ1) is 8.95. The van der Waals surface area contributed by atoms with Crippen molar-refractivity contribution in [3.8, 4) is 0 Å². The summed E-state index contributed by atoms with van der Waals surface area (Å²) in [5, 5.41) is 4.88. The van der Waals surface area contributed by atoms with Crippen molar-refractivity contribution in [1.29, 1.82) is 0 Å². The van der Waals surface area contributed by atoms with Gasteiger partial charge < -0.3 is 15.8 Å². The molecule has 0 saturated carbocycles. The monoisotopic (exact) mass is 173 g/mol. The summed E-state index contributed by atoms with van der Waals surface area (Å²) in [7, 11) is 0. The number of carbonyl (C=O) groups is 2. The number of urea groups is 1. The van der Waals surface area contributed by atoms with E-state index in [1.165, 1.54) is 0 Å². The molecule has 0 spiro atoms. The molecule has 0 unspecified atom stereocenters. The van der Waals surface area contributed by atoms with Gasteiger partial charge in [-0.2, -0.15) is 0 Å². The fourth-order valence-corrected chi connectivity index (χ4v) is 0.747. The SMILES string of the molecule is NC(=O)NC(=O)COC1CNC1. The lowest BCUT2D eigenvalue weighted by molar-refractivity contribution is -0.127. The minimum atomic E-state index is -0.852. The summed E-state index contributed by atoms with van der Waals surface area (Å²) >= 11 is 0. The second-order valence-electron chi connectivity index (χ2n) is 2.50. The molecule has 0 radical (unpaired) electrons. The quantitative estimate of drug-likeness (QED) is 0.468. The number of carbonyl (C=O) groups excluding carboxylic acids is 2. The Balaban J connectivity index is 2.05. The van der Waals surface area contributed by atoms with Gasteiger partial charge in [-0.3, -0.25) is 10.1 Å². The van der Waals surface area contributed by atoms with Gasteiger partial charge in [0.2, 0.25) is 0 Å². The Labute approximate surface area is 69.4 Å². The minimum Gasteiger partial charge on any atom is -0.366 e. The highest BCUT2D eigenvalue weighted by molar-refractivity contribution is 5.94. The Morgan fingerprint density at radius 1 is 1.58 bits per heavy atom. The largest absolute Gasteiger partial charge is 0.366 e. The summed E-state index contributed by atoms with van der Waals surface area (Å²) in [5.74, 6) is -0.505. The number of hydrogen-bond donors (Lipinski definition) is 3. The van der Waals surface area contributed by atoms with Crippen LogP contribution in [-0.2, 0) is 9.53 Å². The van der Waals surface area contributed by atoms with Gasteiger partial charge >= 0.3 is 6.03 Å². The molecule has 68 valence electrons. The van der Waals surface area contributed by atoms with Crippen molar-refractivity contribution in [2.75, 3.05) is 19.7 Å². The molecule has 1 aliphatic heterocycles. The van der Waals surface area contributed by atoms with Crippen molar-refractivity contribution in [2.45, 2.75) is 6.10 Å². The number of nitrogens with two attached hydrogens (primary N) is 1. The molecule has 0 aromatic carbocycles. The molecular weight excluding hydrogens is 162 g/mol. The predicted molar refractivity (Wildman–Crippen MR) is 40.3 cm³/mol. The molecule has 0 bridgehead atoms.